The quantitative estimate of drug-likeness (QED) is 0.826. The Bertz CT molecular complexity index is 603. The third kappa shape index (κ3) is 3.90. The summed E-state index contributed by atoms with van der Waals surface area (Å²) in [4.78, 5) is 30.2. The fraction of sp³-hybridized carbons (Fsp3) is 0.643. The highest BCUT2D eigenvalue weighted by molar-refractivity contribution is 9.10. The Kier molecular flexibility index (Phi) is 4.51. The lowest BCUT2D eigenvalue weighted by atomic mass is 9.90. The maximum atomic E-state index is 13.0. The number of Topliss-reactive ketones (excluding diaryl/α,β-unsaturated/α-hetero) is 1. The van der Waals surface area contributed by atoms with Crippen LogP contribution in [0.1, 0.15) is 27.2 Å². The minimum Gasteiger partial charge on any atom is -0.336 e. The van der Waals surface area contributed by atoms with Gasteiger partial charge < -0.3 is 4.90 Å². The molecule has 0 aromatic carbocycles. The Hall–Kier alpha value is -1.24. The van der Waals surface area contributed by atoms with E-state index in [2.05, 4.69) is 20.9 Å². The van der Waals surface area contributed by atoms with E-state index in [1.165, 1.54) is 10.8 Å². The van der Waals surface area contributed by atoms with Gasteiger partial charge in [0.25, 0.3) is 5.56 Å². The molecule has 1 aromatic heterocycles. The minimum absolute atomic E-state index is 0.0364. The number of nitrogens with zero attached hydrogens (tertiary/aromatic N) is 3. The van der Waals surface area contributed by atoms with Crippen LogP contribution in [0.3, 0.4) is 0 Å². The molecule has 21 heavy (non-hydrogen) atoms. The molecule has 0 bridgehead atoms. The second kappa shape index (κ2) is 5.87. The molecule has 5 nitrogen and oxygen atoms in total. The van der Waals surface area contributed by atoms with Crippen LogP contribution in [0.4, 0.5) is 10.3 Å². The number of aromatic nitrogens is 2. The van der Waals surface area contributed by atoms with Crippen molar-refractivity contribution in [2.45, 2.75) is 39.9 Å². The molecule has 2 rings (SSSR count). The zero-order valence-electron chi connectivity index (χ0n) is 12.4. The van der Waals surface area contributed by atoms with Crippen LogP contribution < -0.4 is 10.5 Å². The van der Waals surface area contributed by atoms with E-state index in [-0.39, 0.29) is 36.4 Å². The summed E-state index contributed by atoms with van der Waals surface area (Å²) in [6.45, 7) is 6.29. The number of ketones is 1. The van der Waals surface area contributed by atoms with Gasteiger partial charge in [-0.25, -0.2) is 9.37 Å². The fourth-order valence-electron chi connectivity index (χ4n) is 2.27. The van der Waals surface area contributed by atoms with E-state index in [4.69, 9.17) is 0 Å². The number of hydrogen-bond acceptors (Lipinski definition) is 4. The van der Waals surface area contributed by atoms with Crippen molar-refractivity contribution >= 4 is 27.7 Å². The maximum Gasteiger partial charge on any atom is 0.269 e. The van der Waals surface area contributed by atoms with Crippen molar-refractivity contribution in [3.8, 4) is 0 Å². The van der Waals surface area contributed by atoms with Crippen LogP contribution in [0.25, 0.3) is 0 Å². The summed E-state index contributed by atoms with van der Waals surface area (Å²) in [5.74, 6) is 0.322. The van der Waals surface area contributed by atoms with Crippen molar-refractivity contribution in [1.82, 2.24) is 9.55 Å². The number of carbonyl (C=O) groups is 1. The Morgan fingerprint density at radius 1 is 1.48 bits per heavy atom. The third-order valence-electron chi connectivity index (χ3n) is 3.17. The molecule has 1 aromatic rings. The minimum atomic E-state index is -0.899. The number of halogens is 2. The van der Waals surface area contributed by atoms with Gasteiger partial charge in [0.1, 0.15) is 10.6 Å². The van der Waals surface area contributed by atoms with E-state index in [9.17, 15) is 14.0 Å². The van der Waals surface area contributed by atoms with Crippen molar-refractivity contribution in [3.63, 3.8) is 0 Å². The molecule has 116 valence electrons. The molecular weight excluding hydrogens is 341 g/mol. The Morgan fingerprint density at radius 3 is 2.62 bits per heavy atom. The monoisotopic (exact) mass is 359 g/mol. The molecule has 0 amide bonds. The average molecular weight is 360 g/mol. The molecule has 0 aliphatic carbocycles. The van der Waals surface area contributed by atoms with Crippen LogP contribution in [0.2, 0.25) is 0 Å². The molecule has 0 N–H and O–H groups in total. The topological polar surface area (TPSA) is 55.2 Å². The fourth-order valence-corrected chi connectivity index (χ4v) is 2.58. The first-order chi connectivity index (χ1) is 9.67. The zero-order valence-corrected chi connectivity index (χ0v) is 14.0. The van der Waals surface area contributed by atoms with E-state index in [1.54, 1.807) is 4.90 Å². The first-order valence-electron chi connectivity index (χ1n) is 6.83. The molecule has 7 heteroatoms. The largest absolute Gasteiger partial charge is 0.336 e. The van der Waals surface area contributed by atoms with Crippen molar-refractivity contribution in [3.05, 3.63) is 21.0 Å². The molecule has 0 radical (unpaired) electrons. The van der Waals surface area contributed by atoms with Gasteiger partial charge in [-0.3, -0.25) is 14.2 Å². The average Bonchev–Trinajstić information content (AvgIpc) is 2.30. The second-order valence-electron chi connectivity index (χ2n) is 6.58. The smallest absolute Gasteiger partial charge is 0.269 e. The van der Waals surface area contributed by atoms with Crippen LogP contribution in [-0.4, -0.2) is 34.6 Å². The van der Waals surface area contributed by atoms with Gasteiger partial charge in [-0.1, -0.05) is 20.8 Å². The summed E-state index contributed by atoms with van der Waals surface area (Å²) in [7, 11) is 0. The molecule has 1 saturated heterocycles. The predicted molar refractivity (Wildman–Crippen MR) is 82.4 cm³/mol. The molecule has 0 atom stereocenters. The molecule has 0 spiro atoms. The zero-order chi connectivity index (χ0) is 15.8. The van der Waals surface area contributed by atoms with Crippen LogP contribution in [0.5, 0.6) is 0 Å². The van der Waals surface area contributed by atoms with Gasteiger partial charge in [0, 0.05) is 6.42 Å². The first-order valence-corrected chi connectivity index (χ1v) is 7.63. The van der Waals surface area contributed by atoms with E-state index in [0.717, 1.165) is 0 Å². The summed E-state index contributed by atoms with van der Waals surface area (Å²) in [5, 5.41) is 0. The Labute approximate surface area is 131 Å². The molecule has 2 heterocycles. The highest BCUT2D eigenvalue weighted by Gasteiger charge is 2.30. The van der Waals surface area contributed by atoms with Gasteiger partial charge in [-0.15, -0.1) is 0 Å². The number of rotatable bonds is 4. The van der Waals surface area contributed by atoms with Crippen LogP contribution in [0, 0.1) is 5.41 Å². The first kappa shape index (κ1) is 16.1. The van der Waals surface area contributed by atoms with Gasteiger partial charge in [0.2, 0.25) is 5.95 Å². The summed E-state index contributed by atoms with van der Waals surface area (Å²) in [6.07, 6.45) is 0.870. The van der Waals surface area contributed by atoms with Crippen LogP contribution in [-0.2, 0) is 11.3 Å². The third-order valence-corrected chi connectivity index (χ3v) is 3.71. The molecule has 1 aliphatic rings. The van der Waals surface area contributed by atoms with Gasteiger partial charge in [-0.05, 0) is 21.3 Å². The van der Waals surface area contributed by atoms with E-state index in [0.29, 0.717) is 16.8 Å². The SMILES string of the molecule is CC(C)(C)CC(=O)Cn1c(N2CC(F)C2)ncc(Br)c1=O. The number of anilines is 1. The molecule has 0 saturated carbocycles. The van der Waals surface area contributed by atoms with Gasteiger partial charge >= 0.3 is 0 Å². The number of alkyl halides is 1. The summed E-state index contributed by atoms with van der Waals surface area (Å²) < 4.78 is 14.6. The van der Waals surface area contributed by atoms with Crippen molar-refractivity contribution in [2.24, 2.45) is 5.41 Å². The van der Waals surface area contributed by atoms with Crippen molar-refractivity contribution in [1.29, 1.82) is 0 Å². The second-order valence-corrected chi connectivity index (χ2v) is 7.43. The lowest BCUT2D eigenvalue weighted by Crippen LogP contribution is -2.51. The lowest BCUT2D eigenvalue weighted by Gasteiger charge is -2.36. The van der Waals surface area contributed by atoms with E-state index < -0.39 is 6.17 Å². The number of hydrogen-bond donors (Lipinski definition) is 0. The normalized spacial score (nSPS) is 16.0. The van der Waals surface area contributed by atoms with Crippen LogP contribution >= 0.6 is 15.9 Å². The Balaban J connectivity index is 2.26. The standard InChI is InChI=1S/C14H19BrFN3O2/c1-14(2,3)4-10(20)8-19-12(21)11(15)5-17-13(19)18-6-9(16)7-18/h5,9H,4,6-8H2,1-3H3. The molecule has 0 unspecified atom stereocenters. The molecular formula is C14H19BrFN3O2. The number of carbonyl (C=O) groups excluding carboxylic acids is 1. The van der Waals surface area contributed by atoms with Gasteiger partial charge in [0.05, 0.1) is 25.8 Å². The summed E-state index contributed by atoms with van der Waals surface area (Å²) in [5.41, 5.74) is -0.453. The van der Waals surface area contributed by atoms with Crippen LogP contribution in [0.15, 0.2) is 15.5 Å². The van der Waals surface area contributed by atoms with E-state index >= 15 is 0 Å². The highest BCUT2D eigenvalue weighted by atomic mass is 79.9. The summed E-state index contributed by atoms with van der Waals surface area (Å²) >= 11 is 3.13. The van der Waals surface area contributed by atoms with Gasteiger partial charge in [-0.2, -0.15) is 0 Å². The molecule has 1 fully saturated rings. The molecule has 1 aliphatic heterocycles. The van der Waals surface area contributed by atoms with Gasteiger partial charge in [0.15, 0.2) is 5.78 Å². The predicted octanol–water partition coefficient (Wildman–Crippen LogP) is 2.17. The highest BCUT2D eigenvalue weighted by Crippen LogP contribution is 2.22. The Morgan fingerprint density at radius 2 is 2.10 bits per heavy atom. The van der Waals surface area contributed by atoms with Crippen molar-refractivity contribution < 1.29 is 9.18 Å². The summed E-state index contributed by atoms with van der Waals surface area (Å²) in [6, 6.07) is 0. The lowest BCUT2D eigenvalue weighted by molar-refractivity contribution is -0.121. The van der Waals surface area contributed by atoms with Crippen molar-refractivity contribution in [2.75, 3.05) is 18.0 Å². The maximum absolute atomic E-state index is 13.0. The van der Waals surface area contributed by atoms with E-state index in [1.807, 2.05) is 20.8 Å².